The van der Waals surface area contributed by atoms with Gasteiger partial charge in [0, 0.05) is 0 Å². The van der Waals surface area contributed by atoms with E-state index >= 15 is 0 Å². The zero-order valence-corrected chi connectivity index (χ0v) is 15.1. The molecule has 0 radical (unpaired) electrons. The molecule has 0 fully saturated rings. The van der Waals surface area contributed by atoms with Crippen LogP contribution in [0.2, 0.25) is 0 Å². The third-order valence-corrected chi connectivity index (χ3v) is 2.23. The Morgan fingerprint density at radius 2 is 0.917 bits per heavy atom. The Labute approximate surface area is 169 Å². The van der Waals surface area contributed by atoms with E-state index in [0.717, 1.165) is 0 Å². The molecule has 0 saturated carbocycles. The first-order valence-electron chi connectivity index (χ1n) is 5.42. The van der Waals surface area contributed by atoms with Gasteiger partial charge >= 0.3 is 56.7 Å². The van der Waals surface area contributed by atoms with Crippen molar-refractivity contribution in [3.8, 4) is 11.5 Å². The van der Waals surface area contributed by atoms with E-state index < -0.39 is 23.4 Å². The monoisotopic (exact) mass is 522 g/mol. The number of hydrogen-bond donors (Lipinski definition) is 4. The van der Waals surface area contributed by atoms with E-state index in [1.807, 2.05) is 0 Å². The molecule has 24 heavy (non-hydrogen) atoms. The average Bonchev–Trinajstić information content (AvgIpc) is 2.40. The third kappa shape index (κ3) is 9.50. The number of carboxylic acid groups (broad SMARTS) is 2. The fourth-order valence-electron chi connectivity index (χ4n) is 1.29. The first kappa shape index (κ1) is 30.3. The normalized spacial score (nSPS) is 7.67. The van der Waals surface area contributed by atoms with Crippen LogP contribution in [0.5, 0.6) is 11.5 Å². The first-order chi connectivity index (χ1) is 9.43. The number of aromatic carboxylic acids is 2. The summed E-state index contributed by atoms with van der Waals surface area (Å²) in [6.45, 7) is 0. The van der Waals surface area contributed by atoms with Gasteiger partial charge in [0.05, 0.1) is 11.1 Å². The second-order valence-corrected chi connectivity index (χ2v) is 3.60. The van der Waals surface area contributed by atoms with Crippen molar-refractivity contribution < 1.29 is 74.8 Å². The summed E-state index contributed by atoms with van der Waals surface area (Å²) in [6, 6.07) is 11.1. The van der Waals surface area contributed by atoms with Gasteiger partial charge in [0.25, 0.3) is 0 Å². The smallest absolute Gasteiger partial charge is 0.872 e. The summed E-state index contributed by atoms with van der Waals surface area (Å²) in [5.41, 5.74) is -0.356. The van der Waals surface area contributed by atoms with E-state index in [1.54, 1.807) is 0 Å². The van der Waals surface area contributed by atoms with Crippen molar-refractivity contribution >= 4 is 11.9 Å². The van der Waals surface area contributed by atoms with Crippen molar-refractivity contribution in [3.05, 3.63) is 59.7 Å². The molecule has 0 spiro atoms. The molecule has 0 bridgehead atoms. The van der Waals surface area contributed by atoms with Crippen LogP contribution in [0.15, 0.2) is 48.5 Å². The van der Waals surface area contributed by atoms with E-state index in [9.17, 15) is 19.8 Å². The SMILES string of the molecule is N.N.O=C(O)c1ccccc1[O-].O=C(O)c1ccccc1[O-].[Ag+].[Ag+]. The van der Waals surface area contributed by atoms with Crippen molar-refractivity contribution in [1.29, 1.82) is 0 Å². The van der Waals surface area contributed by atoms with E-state index in [-0.39, 0.29) is 68.2 Å². The maximum atomic E-state index is 10.7. The molecule has 0 aliphatic rings. The summed E-state index contributed by atoms with van der Waals surface area (Å²) in [5, 5.41) is 38.1. The van der Waals surface area contributed by atoms with Gasteiger partial charge in [0.2, 0.25) is 0 Å². The number of para-hydroxylation sites is 2. The molecule has 140 valence electrons. The zero-order valence-electron chi connectivity index (χ0n) is 12.2. The fraction of sp³-hybridized carbons (Fsp3) is 0. The van der Waals surface area contributed by atoms with Crippen LogP contribution in [0.25, 0.3) is 0 Å². The van der Waals surface area contributed by atoms with Crippen molar-refractivity contribution in [2.24, 2.45) is 0 Å². The minimum absolute atomic E-state index is 0. The van der Waals surface area contributed by atoms with Gasteiger partial charge in [-0.2, -0.15) is 0 Å². The molecule has 8 N–H and O–H groups in total. The summed E-state index contributed by atoms with van der Waals surface area (Å²) >= 11 is 0. The summed E-state index contributed by atoms with van der Waals surface area (Å²) in [4.78, 5) is 20.4. The van der Waals surface area contributed by atoms with E-state index in [2.05, 4.69) is 0 Å². The summed E-state index contributed by atoms with van der Waals surface area (Å²) in [5.74, 6) is -3.25. The maximum absolute atomic E-state index is 10.7. The van der Waals surface area contributed by atoms with Gasteiger partial charge in [-0.15, -0.1) is 0 Å². The Kier molecular flexibility index (Phi) is 18.9. The molecule has 0 unspecified atom stereocenters. The minimum Gasteiger partial charge on any atom is -0.872 e. The van der Waals surface area contributed by atoms with Gasteiger partial charge in [-0.1, -0.05) is 47.9 Å². The van der Waals surface area contributed by atoms with Crippen LogP contribution in [0, 0.1) is 0 Å². The molecule has 0 heterocycles. The Bertz CT molecular complexity index is 585. The number of carboxylic acids is 2. The number of carbonyl (C=O) groups is 2. The fourth-order valence-corrected chi connectivity index (χ4v) is 1.29. The largest absolute Gasteiger partial charge is 1.00 e. The average molecular weight is 524 g/mol. The van der Waals surface area contributed by atoms with Crippen LogP contribution >= 0.6 is 0 Å². The third-order valence-electron chi connectivity index (χ3n) is 2.23. The molecule has 2 aromatic rings. The van der Waals surface area contributed by atoms with Gasteiger partial charge in [-0.3, -0.25) is 0 Å². The molecule has 0 amide bonds. The van der Waals surface area contributed by atoms with Crippen molar-refractivity contribution in [1.82, 2.24) is 12.3 Å². The topological polar surface area (TPSA) is 191 Å². The molecular weight excluding hydrogens is 508 g/mol. The molecule has 0 atom stereocenters. The Morgan fingerprint density at radius 3 is 1.08 bits per heavy atom. The molecule has 0 aliphatic heterocycles. The summed E-state index contributed by atoms with van der Waals surface area (Å²) in [7, 11) is 0. The van der Waals surface area contributed by atoms with Crippen molar-refractivity contribution in [2.45, 2.75) is 0 Å². The quantitative estimate of drug-likeness (QED) is 0.422. The van der Waals surface area contributed by atoms with Crippen LogP contribution < -0.4 is 22.5 Å². The number of hydrogen-bond acceptors (Lipinski definition) is 6. The summed E-state index contributed by atoms with van der Waals surface area (Å²) in [6.07, 6.45) is 0. The number of benzene rings is 2. The van der Waals surface area contributed by atoms with E-state index in [0.29, 0.717) is 0 Å². The minimum atomic E-state index is -1.18. The Hall–Kier alpha value is -1.62. The van der Waals surface area contributed by atoms with Crippen LogP contribution in [0.4, 0.5) is 0 Å². The standard InChI is InChI=1S/2C7H6O3.2Ag.2H3N/c2*8-6-4-2-1-3-5(6)7(9)10;;;;/h2*1-4,8H,(H,9,10);;;2*1H3/q;;2*+1;;/p-2. The molecular formula is C14H16Ag2N2O6. The van der Waals surface area contributed by atoms with E-state index in [1.165, 1.54) is 48.5 Å². The molecule has 2 aromatic carbocycles. The molecule has 0 saturated heterocycles. The van der Waals surface area contributed by atoms with Crippen LogP contribution in [-0.4, -0.2) is 22.2 Å². The van der Waals surface area contributed by atoms with Gasteiger partial charge in [-0.25, -0.2) is 9.59 Å². The first-order valence-corrected chi connectivity index (χ1v) is 5.42. The molecule has 8 nitrogen and oxygen atoms in total. The van der Waals surface area contributed by atoms with Gasteiger partial charge in [-0.05, 0) is 12.1 Å². The second kappa shape index (κ2) is 14.9. The van der Waals surface area contributed by atoms with E-state index in [4.69, 9.17) is 10.2 Å². The van der Waals surface area contributed by atoms with Crippen LogP contribution in [0.1, 0.15) is 20.7 Å². The molecule has 2 rings (SSSR count). The zero-order chi connectivity index (χ0) is 15.1. The molecule has 0 aliphatic carbocycles. The van der Waals surface area contributed by atoms with Crippen LogP contribution in [-0.2, 0) is 44.8 Å². The number of rotatable bonds is 2. The predicted molar refractivity (Wildman–Crippen MR) is 75.7 cm³/mol. The van der Waals surface area contributed by atoms with Gasteiger partial charge < -0.3 is 32.7 Å². The Balaban J connectivity index is -0.000000143. The maximum Gasteiger partial charge on any atom is 1.00 e. The summed E-state index contributed by atoms with van der Waals surface area (Å²) < 4.78 is 0. The predicted octanol–water partition coefficient (Wildman–Crippen LogP) is 1.24. The van der Waals surface area contributed by atoms with Crippen molar-refractivity contribution in [3.63, 3.8) is 0 Å². The van der Waals surface area contributed by atoms with Crippen LogP contribution in [0.3, 0.4) is 0 Å². The van der Waals surface area contributed by atoms with Gasteiger partial charge in [0.15, 0.2) is 0 Å². The van der Waals surface area contributed by atoms with Gasteiger partial charge in [0.1, 0.15) is 0 Å². The Morgan fingerprint density at radius 1 is 0.667 bits per heavy atom. The molecule has 10 heteroatoms. The molecule has 0 aromatic heterocycles. The van der Waals surface area contributed by atoms with Crippen molar-refractivity contribution in [2.75, 3.05) is 0 Å². The second-order valence-electron chi connectivity index (χ2n) is 3.60.